The average molecular weight is 448 g/mol. The third kappa shape index (κ3) is 5.28. The van der Waals surface area contributed by atoms with Crippen LogP contribution >= 0.6 is 0 Å². The molecule has 0 N–H and O–H groups in total. The maximum absolute atomic E-state index is 13.3. The van der Waals surface area contributed by atoms with Gasteiger partial charge >= 0.3 is 0 Å². The van der Waals surface area contributed by atoms with Crippen molar-refractivity contribution in [3.05, 3.63) is 28.8 Å². The van der Waals surface area contributed by atoms with Gasteiger partial charge in [0.25, 0.3) is 0 Å². The van der Waals surface area contributed by atoms with Crippen molar-refractivity contribution < 1.29 is 17.9 Å². The second-order valence-corrected chi connectivity index (χ2v) is 10.6. The summed E-state index contributed by atoms with van der Waals surface area (Å²) in [6.07, 6.45) is 2.90. The number of nitrogens with zero attached hydrogens (tertiary/aromatic N) is 3. The van der Waals surface area contributed by atoms with E-state index in [-0.39, 0.29) is 17.9 Å². The van der Waals surface area contributed by atoms with Crippen LogP contribution in [0.5, 0.6) is 0 Å². The van der Waals surface area contributed by atoms with Gasteiger partial charge in [-0.25, -0.2) is 8.42 Å². The number of carbonyl (C=O) groups excluding carboxylic acids is 1. The number of benzene rings is 1. The summed E-state index contributed by atoms with van der Waals surface area (Å²) in [4.78, 5) is 15.5. The fourth-order valence-corrected chi connectivity index (χ4v) is 6.80. The Hall–Kier alpha value is -1.95. The largest absolute Gasteiger partial charge is 0.381 e. The average Bonchev–Trinajstić information content (AvgIpc) is 2.74. The van der Waals surface area contributed by atoms with Gasteiger partial charge in [0.1, 0.15) is 0 Å². The van der Waals surface area contributed by atoms with Crippen LogP contribution in [0.15, 0.2) is 17.0 Å². The zero-order valence-corrected chi connectivity index (χ0v) is 19.6. The van der Waals surface area contributed by atoms with E-state index in [4.69, 9.17) is 10.00 Å². The molecule has 31 heavy (non-hydrogen) atoms. The Morgan fingerprint density at radius 3 is 2.26 bits per heavy atom. The lowest BCUT2D eigenvalue weighted by Gasteiger charge is -2.38. The first-order valence-electron chi connectivity index (χ1n) is 11.1. The molecule has 2 aliphatic heterocycles. The summed E-state index contributed by atoms with van der Waals surface area (Å²) in [5.74, 6) is -0.143. The summed E-state index contributed by atoms with van der Waals surface area (Å²) in [5.41, 5.74) is 2.57. The molecule has 0 unspecified atom stereocenters. The number of hydrogen-bond donors (Lipinski definition) is 0. The number of ether oxygens (including phenoxy) is 1. The van der Waals surface area contributed by atoms with Gasteiger partial charge in [-0.15, -0.1) is 0 Å². The van der Waals surface area contributed by atoms with Gasteiger partial charge in [0.15, 0.2) is 0 Å². The molecule has 2 saturated heterocycles. The lowest BCUT2D eigenvalue weighted by atomic mass is 9.94. The van der Waals surface area contributed by atoms with E-state index < -0.39 is 10.0 Å². The Kier molecular flexibility index (Phi) is 7.73. The van der Waals surface area contributed by atoms with E-state index in [1.54, 1.807) is 0 Å². The Labute approximate surface area is 186 Å². The number of rotatable bonds is 6. The van der Waals surface area contributed by atoms with Crippen LogP contribution in [0.25, 0.3) is 0 Å². The van der Waals surface area contributed by atoms with E-state index in [1.807, 2.05) is 37.8 Å². The van der Waals surface area contributed by atoms with Gasteiger partial charge in [-0.1, -0.05) is 17.7 Å². The third-order valence-corrected chi connectivity index (χ3v) is 8.59. The maximum Gasteiger partial charge on any atom is 0.243 e. The minimum absolute atomic E-state index is 0.0573. The lowest BCUT2D eigenvalue weighted by molar-refractivity contribution is -0.141. The number of hydrogen-bond acceptors (Lipinski definition) is 5. The van der Waals surface area contributed by atoms with Gasteiger partial charge in [-0.3, -0.25) is 4.79 Å². The van der Waals surface area contributed by atoms with Crippen LogP contribution in [0.3, 0.4) is 0 Å². The molecule has 2 aliphatic rings. The normalized spacial score (nSPS) is 19.2. The van der Waals surface area contributed by atoms with Crippen molar-refractivity contribution in [1.82, 2.24) is 9.21 Å². The molecule has 2 heterocycles. The van der Waals surface area contributed by atoms with Gasteiger partial charge in [0, 0.05) is 44.8 Å². The van der Waals surface area contributed by atoms with E-state index in [0.29, 0.717) is 57.0 Å². The summed E-state index contributed by atoms with van der Waals surface area (Å²) in [5, 5.41) is 9.01. The monoisotopic (exact) mass is 447 g/mol. The predicted molar refractivity (Wildman–Crippen MR) is 118 cm³/mol. The Balaban J connectivity index is 1.70. The first-order chi connectivity index (χ1) is 14.8. The molecule has 7 nitrogen and oxygen atoms in total. The number of amides is 1. The van der Waals surface area contributed by atoms with Gasteiger partial charge < -0.3 is 9.64 Å². The highest BCUT2D eigenvalue weighted by molar-refractivity contribution is 7.89. The predicted octanol–water partition coefficient (Wildman–Crippen LogP) is 2.93. The minimum atomic E-state index is -3.60. The van der Waals surface area contributed by atoms with Crippen molar-refractivity contribution in [3.8, 4) is 6.07 Å². The second-order valence-electron chi connectivity index (χ2n) is 8.69. The van der Waals surface area contributed by atoms with E-state index >= 15 is 0 Å². The fourth-order valence-electron chi connectivity index (χ4n) is 4.92. The van der Waals surface area contributed by atoms with Crippen LogP contribution < -0.4 is 0 Å². The van der Waals surface area contributed by atoms with Crippen LogP contribution in [-0.2, 0) is 19.6 Å². The molecule has 8 heteroatoms. The number of sulfonamides is 1. The second kappa shape index (κ2) is 10.1. The third-order valence-electron chi connectivity index (χ3n) is 6.38. The molecule has 0 radical (unpaired) electrons. The van der Waals surface area contributed by atoms with Crippen LogP contribution in [-0.4, -0.2) is 62.4 Å². The fraction of sp³-hybridized carbons (Fsp3) is 0.652. The minimum Gasteiger partial charge on any atom is -0.381 e. The lowest BCUT2D eigenvalue weighted by Crippen LogP contribution is -2.49. The molecular weight excluding hydrogens is 414 g/mol. The van der Waals surface area contributed by atoms with Gasteiger partial charge in [-0.2, -0.15) is 9.57 Å². The van der Waals surface area contributed by atoms with Gasteiger partial charge in [0.05, 0.1) is 17.4 Å². The SMILES string of the molecule is Cc1cc(C)c(S(=O)(=O)N2CCC(C(=O)N(CCC#N)C3CCOCC3)CC2)c(C)c1. The van der Waals surface area contributed by atoms with E-state index in [0.717, 1.165) is 29.5 Å². The van der Waals surface area contributed by atoms with Crippen LogP contribution in [0.4, 0.5) is 0 Å². The molecule has 0 aromatic heterocycles. The molecule has 0 saturated carbocycles. The molecule has 1 aromatic carbocycles. The van der Waals surface area contributed by atoms with Crippen LogP contribution in [0.1, 0.15) is 48.8 Å². The van der Waals surface area contributed by atoms with Crippen molar-refractivity contribution in [2.45, 2.75) is 63.8 Å². The first-order valence-corrected chi connectivity index (χ1v) is 12.5. The van der Waals surface area contributed by atoms with Crippen LogP contribution in [0.2, 0.25) is 0 Å². The maximum atomic E-state index is 13.3. The number of nitriles is 1. The molecule has 170 valence electrons. The number of carbonyl (C=O) groups is 1. The Morgan fingerprint density at radius 1 is 1.13 bits per heavy atom. The summed E-state index contributed by atoms with van der Waals surface area (Å²) in [7, 11) is -3.60. The van der Waals surface area contributed by atoms with Gasteiger partial charge in [0.2, 0.25) is 15.9 Å². The highest BCUT2D eigenvalue weighted by atomic mass is 32.2. The first kappa shape index (κ1) is 23.7. The zero-order chi connectivity index (χ0) is 22.6. The van der Waals surface area contributed by atoms with E-state index in [2.05, 4.69) is 6.07 Å². The molecule has 2 fully saturated rings. The van der Waals surface area contributed by atoms with Crippen molar-refractivity contribution in [3.63, 3.8) is 0 Å². The Morgan fingerprint density at radius 2 is 1.71 bits per heavy atom. The van der Waals surface area contributed by atoms with Crippen LogP contribution in [0, 0.1) is 38.0 Å². The molecule has 0 atom stereocenters. The van der Waals surface area contributed by atoms with E-state index in [9.17, 15) is 13.2 Å². The molecule has 0 spiro atoms. The van der Waals surface area contributed by atoms with Crippen molar-refractivity contribution in [2.75, 3.05) is 32.8 Å². The summed E-state index contributed by atoms with van der Waals surface area (Å²) in [6.45, 7) is 8.01. The van der Waals surface area contributed by atoms with Gasteiger partial charge in [-0.05, 0) is 57.6 Å². The number of aryl methyl sites for hydroxylation is 3. The summed E-state index contributed by atoms with van der Waals surface area (Å²) in [6, 6.07) is 6.05. The smallest absolute Gasteiger partial charge is 0.243 e. The Bertz CT molecular complexity index is 917. The highest BCUT2D eigenvalue weighted by Crippen LogP contribution is 2.30. The molecule has 0 bridgehead atoms. The van der Waals surface area contributed by atoms with E-state index in [1.165, 1.54) is 4.31 Å². The molecule has 3 rings (SSSR count). The van der Waals surface area contributed by atoms with Crippen molar-refractivity contribution >= 4 is 15.9 Å². The standard InChI is InChI=1S/C23H33N3O4S/c1-17-15-18(2)22(19(3)16-17)31(28,29)25-11-5-20(6-12-25)23(27)26(10-4-9-24)21-7-13-30-14-8-21/h15-16,20-21H,4-8,10-14H2,1-3H3. The van der Waals surface area contributed by atoms with Crippen molar-refractivity contribution in [1.29, 1.82) is 5.26 Å². The number of piperidine rings is 1. The summed E-state index contributed by atoms with van der Waals surface area (Å²) < 4.78 is 33.6. The quantitative estimate of drug-likeness (QED) is 0.669. The highest BCUT2D eigenvalue weighted by Gasteiger charge is 2.36. The molecular formula is C23H33N3O4S. The molecule has 1 amide bonds. The summed E-state index contributed by atoms with van der Waals surface area (Å²) >= 11 is 0. The zero-order valence-electron chi connectivity index (χ0n) is 18.8. The van der Waals surface area contributed by atoms with Crippen molar-refractivity contribution in [2.24, 2.45) is 5.92 Å². The molecule has 1 aromatic rings. The topological polar surface area (TPSA) is 90.7 Å². The molecule has 0 aliphatic carbocycles.